The molecule has 0 saturated carbocycles. The molecule has 0 aliphatic carbocycles. The average Bonchev–Trinajstić information content (AvgIpc) is 2.03. The smallest absolute Gasteiger partial charge is 0.238 e. The van der Waals surface area contributed by atoms with Crippen LogP contribution in [0, 0.1) is 13.8 Å². The van der Waals surface area contributed by atoms with Gasteiger partial charge in [0.1, 0.15) is 0 Å². The summed E-state index contributed by atoms with van der Waals surface area (Å²) in [6, 6.07) is 5.79. The highest BCUT2D eigenvalue weighted by atomic mass is 16.2. The van der Waals surface area contributed by atoms with E-state index in [4.69, 9.17) is 5.84 Å². The van der Waals surface area contributed by atoms with Gasteiger partial charge < -0.3 is 0 Å². The van der Waals surface area contributed by atoms with E-state index in [2.05, 4.69) is 0 Å². The van der Waals surface area contributed by atoms with Crippen molar-refractivity contribution in [3.8, 4) is 0 Å². The van der Waals surface area contributed by atoms with E-state index in [1.807, 2.05) is 32.0 Å². The molecule has 1 amide bonds. The van der Waals surface area contributed by atoms with Gasteiger partial charge in [0.05, 0.1) is 5.69 Å². The third kappa shape index (κ3) is 2.06. The Labute approximate surface area is 78.1 Å². The number of amides is 1. The highest BCUT2D eigenvalue weighted by molar-refractivity contribution is 5.90. The third-order valence-electron chi connectivity index (χ3n) is 1.95. The molecule has 0 fully saturated rings. The summed E-state index contributed by atoms with van der Waals surface area (Å²) in [6.45, 7) is 5.38. The highest BCUT2D eigenvalue weighted by Gasteiger charge is 2.08. The quantitative estimate of drug-likeness (QED) is 0.402. The molecule has 1 aromatic carbocycles. The first-order chi connectivity index (χ1) is 6.02. The SMILES string of the molecule is CC(=O)N(N)c1ccc(C)cc1C. The number of hydrogen-bond donors (Lipinski definition) is 1. The van der Waals surface area contributed by atoms with E-state index in [1.165, 1.54) is 12.5 Å². The van der Waals surface area contributed by atoms with Crippen LogP contribution in [0.4, 0.5) is 5.69 Å². The van der Waals surface area contributed by atoms with E-state index in [-0.39, 0.29) is 5.91 Å². The molecule has 13 heavy (non-hydrogen) atoms. The summed E-state index contributed by atoms with van der Waals surface area (Å²) in [6.07, 6.45) is 0. The fourth-order valence-corrected chi connectivity index (χ4v) is 1.25. The number of carbonyl (C=O) groups is 1. The van der Waals surface area contributed by atoms with Crippen LogP contribution in [0.5, 0.6) is 0 Å². The molecule has 0 heterocycles. The summed E-state index contributed by atoms with van der Waals surface area (Å²) in [5, 5.41) is 1.16. The van der Waals surface area contributed by atoms with Crippen molar-refractivity contribution in [2.75, 3.05) is 5.01 Å². The minimum atomic E-state index is -0.160. The summed E-state index contributed by atoms with van der Waals surface area (Å²) in [5.74, 6) is 5.41. The first-order valence-corrected chi connectivity index (χ1v) is 4.15. The molecule has 0 atom stereocenters. The van der Waals surface area contributed by atoms with Crippen LogP contribution in [0.15, 0.2) is 18.2 Å². The lowest BCUT2D eigenvalue weighted by Gasteiger charge is -2.16. The molecule has 0 aliphatic heterocycles. The molecular weight excluding hydrogens is 164 g/mol. The minimum absolute atomic E-state index is 0.160. The van der Waals surface area contributed by atoms with Crippen LogP contribution in [0.25, 0.3) is 0 Å². The molecule has 0 unspecified atom stereocenters. The normalized spacial score (nSPS) is 9.85. The van der Waals surface area contributed by atoms with E-state index in [0.717, 1.165) is 16.3 Å². The number of nitrogens with two attached hydrogens (primary N) is 1. The molecule has 0 saturated heterocycles. The van der Waals surface area contributed by atoms with E-state index in [9.17, 15) is 4.79 Å². The van der Waals surface area contributed by atoms with Gasteiger partial charge in [-0.1, -0.05) is 17.7 Å². The van der Waals surface area contributed by atoms with Crippen LogP contribution in [0.2, 0.25) is 0 Å². The van der Waals surface area contributed by atoms with Crippen molar-refractivity contribution >= 4 is 11.6 Å². The van der Waals surface area contributed by atoms with Crippen molar-refractivity contribution in [3.63, 3.8) is 0 Å². The summed E-state index contributed by atoms with van der Waals surface area (Å²) in [7, 11) is 0. The van der Waals surface area contributed by atoms with Gasteiger partial charge in [0.15, 0.2) is 0 Å². The summed E-state index contributed by atoms with van der Waals surface area (Å²) >= 11 is 0. The zero-order valence-corrected chi connectivity index (χ0v) is 8.16. The van der Waals surface area contributed by atoms with Gasteiger partial charge in [-0.15, -0.1) is 0 Å². The third-order valence-corrected chi connectivity index (χ3v) is 1.95. The Morgan fingerprint density at radius 2 is 2.00 bits per heavy atom. The molecule has 0 bridgehead atoms. The fourth-order valence-electron chi connectivity index (χ4n) is 1.25. The van der Waals surface area contributed by atoms with Crippen LogP contribution in [0.1, 0.15) is 18.1 Å². The topological polar surface area (TPSA) is 46.3 Å². The van der Waals surface area contributed by atoms with Crippen molar-refractivity contribution in [2.24, 2.45) is 5.84 Å². The molecule has 2 N–H and O–H groups in total. The van der Waals surface area contributed by atoms with E-state index < -0.39 is 0 Å². The van der Waals surface area contributed by atoms with Gasteiger partial charge in [-0.25, -0.2) is 10.9 Å². The van der Waals surface area contributed by atoms with Gasteiger partial charge in [-0.3, -0.25) is 4.79 Å². The monoisotopic (exact) mass is 178 g/mol. The van der Waals surface area contributed by atoms with Gasteiger partial charge in [-0.2, -0.15) is 0 Å². The lowest BCUT2D eigenvalue weighted by molar-refractivity contribution is -0.116. The lowest BCUT2D eigenvalue weighted by atomic mass is 10.1. The number of hydrogen-bond acceptors (Lipinski definition) is 2. The zero-order valence-electron chi connectivity index (χ0n) is 8.16. The van der Waals surface area contributed by atoms with Crippen molar-refractivity contribution < 1.29 is 4.79 Å². The zero-order chi connectivity index (χ0) is 10.0. The van der Waals surface area contributed by atoms with E-state index >= 15 is 0 Å². The van der Waals surface area contributed by atoms with Gasteiger partial charge >= 0.3 is 0 Å². The second-order valence-corrected chi connectivity index (χ2v) is 3.18. The predicted molar refractivity (Wildman–Crippen MR) is 53.3 cm³/mol. The molecule has 1 aromatic rings. The summed E-state index contributed by atoms with van der Waals surface area (Å²) in [5.41, 5.74) is 2.94. The molecule has 0 spiro atoms. The van der Waals surface area contributed by atoms with Gasteiger partial charge in [0, 0.05) is 6.92 Å². The van der Waals surface area contributed by atoms with E-state index in [1.54, 1.807) is 0 Å². The lowest BCUT2D eigenvalue weighted by Crippen LogP contribution is -2.35. The number of hydrazine groups is 1. The first kappa shape index (κ1) is 9.74. The number of anilines is 1. The van der Waals surface area contributed by atoms with Gasteiger partial charge in [0.25, 0.3) is 0 Å². The first-order valence-electron chi connectivity index (χ1n) is 4.15. The summed E-state index contributed by atoms with van der Waals surface area (Å²) in [4.78, 5) is 11.0. The fraction of sp³-hybridized carbons (Fsp3) is 0.300. The largest absolute Gasteiger partial charge is 0.273 e. The number of benzene rings is 1. The highest BCUT2D eigenvalue weighted by Crippen LogP contribution is 2.18. The average molecular weight is 178 g/mol. The maximum Gasteiger partial charge on any atom is 0.238 e. The van der Waals surface area contributed by atoms with Gasteiger partial charge in [-0.05, 0) is 25.5 Å². The molecule has 3 nitrogen and oxygen atoms in total. The molecule has 70 valence electrons. The second-order valence-electron chi connectivity index (χ2n) is 3.18. The number of rotatable bonds is 1. The minimum Gasteiger partial charge on any atom is -0.273 e. The van der Waals surface area contributed by atoms with Gasteiger partial charge in [0.2, 0.25) is 5.91 Å². The molecule has 0 radical (unpaired) electrons. The number of nitrogens with zero attached hydrogens (tertiary/aromatic N) is 1. The van der Waals surface area contributed by atoms with Crippen LogP contribution in [-0.2, 0) is 4.79 Å². The van der Waals surface area contributed by atoms with Crippen LogP contribution in [-0.4, -0.2) is 5.91 Å². The molecule has 3 heteroatoms. The predicted octanol–water partition coefficient (Wildman–Crippen LogP) is 1.53. The molecule has 0 aromatic heterocycles. The standard InChI is InChI=1S/C10H14N2O/c1-7-4-5-10(8(2)6-7)12(11)9(3)13/h4-6H,11H2,1-3H3. The van der Waals surface area contributed by atoms with Crippen molar-refractivity contribution in [2.45, 2.75) is 20.8 Å². The van der Waals surface area contributed by atoms with Crippen LogP contribution >= 0.6 is 0 Å². The Kier molecular flexibility index (Phi) is 2.68. The van der Waals surface area contributed by atoms with Crippen LogP contribution < -0.4 is 10.9 Å². The Morgan fingerprint density at radius 1 is 1.38 bits per heavy atom. The Morgan fingerprint density at radius 3 is 2.46 bits per heavy atom. The van der Waals surface area contributed by atoms with Crippen molar-refractivity contribution in [3.05, 3.63) is 29.3 Å². The van der Waals surface area contributed by atoms with E-state index in [0.29, 0.717) is 0 Å². The Bertz CT molecular complexity index is 334. The maximum atomic E-state index is 11.0. The Balaban J connectivity index is 3.08. The number of aryl methyl sites for hydroxylation is 2. The molecule has 0 aliphatic rings. The van der Waals surface area contributed by atoms with Crippen LogP contribution in [0.3, 0.4) is 0 Å². The maximum absolute atomic E-state index is 11.0. The molecule has 1 rings (SSSR count). The van der Waals surface area contributed by atoms with Crippen molar-refractivity contribution in [1.82, 2.24) is 0 Å². The summed E-state index contributed by atoms with van der Waals surface area (Å²) < 4.78 is 0. The molecular formula is C10H14N2O. The second kappa shape index (κ2) is 3.58. The van der Waals surface area contributed by atoms with Crippen molar-refractivity contribution in [1.29, 1.82) is 0 Å². The Hall–Kier alpha value is -1.35. The number of carbonyl (C=O) groups excluding carboxylic acids is 1.